The Hall–Kier alpha value is -3.52. The first kappa shape index (κ1) is 25.1. The Morgan fingerprint density at radius 1 is 1.19 bits per heavy atom. The molecule has 198 valence electrons. The fourth-order valence-corrected chi connectivity index (χ4v) is 4.57. The topological polar surface area (TPSA) is 94.6 Å². The smallest absolute Gasteiger partial charge is 0.408 e. The van der Waals surface area contributed by atoms with E-state index in [2.05, 4.69) is 25.7 Å². The Balaban J connectivity index is 1.42. The fourth-order valence-electron chi connectivity index (χ4n) is 4.57. The molecule has 10 nitrogen and oxygen atoms in total. The Morgan fingerprint density at radius 2 is 2.03 bits per heavy atom. The summed E-state index contributed by atoms with van der Waals surface area (Å²) in [5, 5.41) is 15.0. The number of likely N-dealkylation sites (tertiary alicyclic amines) is 1. The number of hydrogen-bond acceptors (Lipinski definition) is 8. The second kappa shape index (κ2) is 10.1. The molecule has 4 heterocycles. The molecule has 5 rings (SSSR count). The molecular formula is C23H26F4N8O2. The van der Waals surface area contributed by atoms with Crippen LogP contribution in [0.4, 0.5) is 23.5 Å². The van der Waals surface area contributed by atoms with Gasteiger partial charge in [0, 0.05) is 38.5 Å². The molecule has 4 aromatic rings. The van der Waals surface area contributed by atoms with E-state index in [-0.39, 0.29) is 23.9 Å². The molecule has 2 atom stereocenters. The van der Waals surface area contributed by atoms with Crippen LogP contribution in [0.5, 0.6) is 5.88 Å². The van der Waals surface area contributed by atoms with Crippen LogP contribution in [0.25, 0.3) is 27.7 Å². The second-order valence-electron chi connectivity index (χ2n) is 8.88. The molecule has 0 unspecified atom stereocenters. The summed E-state index contributed by atoms with van der Waals surface area (Å²) >= 11 is 0. The van der Waals surface area contributed by atoms with Crippen LogP contribution in [0, 0.1) is 0 Å². The van der Waals surface area contributed by atoms with E-state index in [9.17, 15) is 17.6 Å². The lowest BCUT2D eigenvalue weighted by Crippen LogP contribution is -2.48. The minimum absolute atomic E-state index is 0.215. The summed E-state index contributed by atoms with van der Waals surface area (Å²) < 4.78 is 66.7. The molecule has 0 radical (unpaired) electrons. The molecule has 1 aliphatic rings. The third-order valence-electron chi connectivity index (χ3n) is 6.38. The molecule has 0 amide bonds. The highest BCUT2D eigenvalue weighted by molar-refractivity contribution is 5.89. The van der Waals surface area contributed by atoms with Crippen molar-refractivity contribution in [3.05, 3.63) is 30.5 Å². The number of hydrogen-bond donors (Lipinski definition) is 1. The minimum atomic E-state index is -4.43. The second-order valence-corrected chi connectivity index (χ2v) is 8.88. The van der Waals surface area contributed by atoms with Crippen molar-refractivity contribution < 1.29 is 27.0 Å². The van der Waals surface area contributed by atoms with Gasteiger partial charge in [-0.25, -0.2) is 13.6 Å². The highest BCUT2D eigenvalue weighted by Crippen LogP contribution is 2.33. The number of aromatic nitrogens is 6. The van der Waals surface area contributed by atoms with Gasteiger partial charge in [-0.2, -0.15) is 18.2 Å². The number of fused-ring (bicyclic) bond motifs is 2. The number of halogens is 4. The van der Waals surface area contributed by atoms with Crippen LogP contribution in [0.2, 0.25) is 0 Å². The number of anilines is 1. The van der Waals surface area contributed by atoms with Crippen LogP contribution in [-0.2, 0) is 11.3 Å². The highest BCUT2D eigenvalue weighted by Gasteiger charge is 2.31. The number of methoxy groups -OCH3 is 2. The van der Waals surface area contributed by atoms with E-state index in [1.54, 1.807) is 42.1 Å². The lowest BCUT2D eigenvalue weighted by Gasteiger charge is -2.34. The lowest BCUT2D eigenvalue weighted by molar-refractivity contribution is -0.142. The van der Waals surface area contributed by atoms with E-state index in [1.165, 1.54) is 7.11 Å². The molecule has 1 N–H and O–H groups in total. The zero-order valence-corrected chi connectivity index (χ0v) is 20.2. The fraction of sp³-hybridized carbons (Fsp3) is 0.478. The van der Waals surface area contributed by atoms with Gasteiger partial charge >= 0.3 is 6.18 Å². The number of rotatable bonds is 8. The van der Waals surface area contributed by atoms with Gasteiger partial charge < -0.3 is 14.8 Å². The Labute approximate surface area is 209 Å². The first-order valence-corrected chi connectivity index (χ1v) is 11.7. The van der Waals surface area contributed by atoms with Crippen molar-refractivity contribution in [3.8, 4) is 17.0 Å². The van der Waals surface area contributed by atoms with Crippen LogP contribution in [0.1, 0.15) is 6.42 Å². The van der Waals surface area contributed by atoms with Crippen LogP contribution < -0.4 is 10.1 Å². The van der Waals surface area contributed by atoms with Crippen molar-refractivity contribution in [1.82, 2.24) is 34.5 Å². The Morgan fingerprint density at radius 3 is 2.76 bits per heavy atom. The van der Waals surface area contributed by atoms with Gasteiger partial charge in [0.15, 0.2) is 0 Å². The number of nitrogens with zero attached hydrogens (tertiary/aromatic N) is 7. The van der Waals surface area contributed by atoms with Gasteiger partial charge in [0.1, 0.15) is 23.7 Å². The molecule has 0 aliphatic carbocycles. The zero-order valence-electron chi connectivity index (χ0n) is 20.2. The molecule has 1 aliphatic heterocycles. The molecular weight excluding hydrogens is 496 g/mol. The molecule has 37 heavy (non-hydrogen) atoms. The number of piperidine rings is 1. The average Bonchev–Trinajstić information content (AvgIpc) is 3.46. The molecule has 3 aromatic heterocycles. The van der Waals surface area contributed by atoms with Crippen molar-refractivity contribution in [1.29, 1.82) is 0 Å². The van der Waals surface area contributed by atoms with E-state index in [4.69, 9.17) is 9.47 Å². The third kappa shape index (κ3) is 5.30. The number of benzene rings is 1. The van der Waals surface area contributed by atoms with Crippen molar-refractivity contribution in [2.45, 2.75) is 31.4 Å². The van der Waals surface area contributed by atoms with Gasteiger partial charge in [-0.3, -0.25) is 4.90 Å². The summed E-state index contributed by atoms with van der Waals surface area (Å²) in [5.41, 5.74) is 2.39. The number of alkyl halides is 4. The average molecular weight is 523 g/mol. The van der Waals surface area contributed by atoms with E-state index in [0.717, 1.165) is 11.2 Å². The minimum Gasteiger partial charge on any atom is -0.479 e. The van der Waals surface area contributed by atoms with Crippen molar-refractivity contribution in [2.75, 3.05) is 45.8 Å². The summed E-state index contributed by atoms with van der Waals surface area (Å²) in [6.45, 7) is 0.982. The molecule has 14 heteroatoms. The van der Waals surface area contributed by atoms with Gasteiger partial charge in [-0.15, -0.1) is 10.2 Å². The summed E-state index contributed by atoms with van der Waals surface area (Å²) in [5.74, 6) is 0.458. The predicted octanol–water partition coefficient (Wildman–Crippen LogP) is 3.18. The summed E-state index contributed by atoms with van der Waals surface area (Å²) in [6.07, 6.45) is -3.28. The molecule has 0 saturated carbocycles. The quantitative estimate of drug-likeness (QED) is 0.353. The van der Waals surface area contributed by atoms with Gasteiger partial charge in [-0.05, 0) is 30.2 Å². The maximum absolute atomic E-state index is 14.8. The first-order valence-electron chi connectivity index (χ1n) is 11.7. The van der Waals surface area contributed by atoms with Gasteiger partial charge in [-0.1, -0.05) is 11.3 Å². The van der Waals surface area contributed by atoms with E-state index >= 15 is 0 Å². The standard InChI is InChI=1S/C23H26F4N8O2/c1-36-10-9-33-7-6-17(16(24)12-33)28-22-29-21(37-2)20-15(5-8-34(20)31-22)14-3-4-18-19(11-14)35(32-30-18)13-23(25,26)27/h3-5,8,11,16-17H,6-7,9-10,12-13H2,1-2H3,(H,28,31)/t16-,17-/m1/s1. The maximum Gasteiger partial charge on any atom is 0.408 e. The lowest BCUT2D eigenvalue weighted by atomic mass is 10.0. The Bertz CT molecular complexity index is 1390. The van der Waals surface area contributed by atoms with Gasteiger partial charge in [0.25, 0.3) is 0 Å². The summed E-state index contributed by atoms with van der Waals surface area (Å²) in [6, 6.07) is 6.24. The van der Waals surface area contributed by atoms with Gasteiger partial charge in [0.2, 0.25) is 11.8 Å². The summed E-state index contributed by atoms with van der Waals surface area (Å²) in [7, 11) is 3.08. The van der Waals surface area contributed by atoms with Crippen LogP contribution in [0.15, 0.2) is 30.5 Å². The third-order valence-corrected chi connectivity index (χ3v) is 6.38. The van der Waals surface area contributed by atoms with Crippen molar-refractivity contribution >= 4 is 22.5 Å². The van der Waals surface area contributed by atoms with E-state index in [1.807, 2.05) is 4.90 Å². The Kier molecular flexibility index (Phi) is 6.86. The molecule has 0 bridgehead atoms. The van der Waals surface area contributed by atoms with Crippen LogP contribution in [0.3, 0.4) is 0 Å². The van der Waals surface area contributed by atoms with Crippen LogP contribution >= 0.6 is 0 Å². The molecule has 0 spiro atoms. The zero-order chi connectivity index (χ0) is 26.2. The van der Waals surface area contributed by atoms with E-state index in [0.29, 0.717) is 41.7 Å². The summed E-state index contributed by atoms with van der Waals surface area (Å²) in [4.78, 5) is 6.47. The van der Waals surface area contributed by atoms with Crippen molar-refractivity contribution in [3.63, 3.8) is 0 Å². The molecule has 1 aromatic carbocycles. The largest absolute Gasteiger partial charge is 0.479 e. The number of nitrogens with one attached hydrogen (secondary N) is 1. The molecule has 1 saturated heterocycles. The number of ether oxygens (including phenoxy) is 2. The van der Waals surface area contributed by atoms with Gasteiger partial charge in [0.05, 0.1) is 25.3 Å². The normalized spacial score (nSPS) is 19.1. The highest BCUT2D eigenvalue weighted by atomic mass is 19.4. The maximum atomic E-state index is 14.8. The van der Waals surface area contributed by atoms with Crippen molar-refractivity contribution in [2.24, 2.45) is 0 Å². The van der Waals surface area contributed by atoms with Crippen LogP contribution in [-0.4, -0.2) is 93.3 Å². The predicted molar refractivity (Wildman–Crippen MR) is 127 cm³/mol. The molecule has 1 fully saturated rings. The van der Waals surface area contributed by atoms with E-state index < -0.39 is 24.9 Å². The monoisotopic (exact) mass is 522 g/mol. The first-order chi connectivity index (χ1) is 17.8. The SMILES string of the molecule is COCCN1CC[C@@H](Nc2nc(OC)c3c(-c4ccc5nnn(CC(F)(F)F)c5c4)ccn3n2)[C@H](F)C1.